The second kappa shape index (κ2) is 34.4. The Bertz CT molecular complexity index is 704. The number of halogens is 2. The molecule has 0 aliphatic rings. The maximum atomic E-state index is 12.2. The minimum atomic E-state index is -2.17. The second-order valence-electron chi connectivity index (χ2n) is 8.90. The fourth-order valence-corrected chi connectivity index (χ4v) is 2.78. The number of carbonyl (C=O) groups excluding carboxylic acids is 1. The summed E-state index contributed by atoms with van der Waals surface area (Å²) in [4.78, 5) is 20.7. The van der Waals surface area contributed by atoms with Crippen LogP contribution in [-0.2, 0) is 4.79 Å². The highest BCUT2D eigenvalue weighted by Gasteiger charge is 2.13. The first kappa shape index (κ1) is 44.4. The predicted octanol–water partition coefficient (Wildman–Crippen LogP) is 7.41. The SMILES string of the molecule is C=C(CC)N=C(CCC(=O)N(C)CCCCCO)N(C)CCC.C=C/C=C(\C=C)CNC.C=CCC.CC(F)F. The third-order valence-corrected chi connectivity index (χ3v) is 5.10. The molecule has 0 aromatic rings. The molecule has 0 bridgehead atoms. The number of aliphatic imine (C=N–C) groups is 1. The number of likely N-dealkylation sites (N-methyl/N-ethyl adjacent to an activating group) is 1. The molecule has 0 aliphatic carbocycles. The van der Waals surface area contributed by atoms with E-state index in [9.17, 15) is 13.6 Å². The number of hydrogen-bond acceptors (Lipinski definition) is 4. The van der Waals surface area contributed by atoms with Gasteiger partial charge in [-0.25, -0.2) is 13.8 Å². The maximum Gasteiger partial charge on any atom is 0.235 e. The van der Waals surface area contributed by atoms with Gasteiger partial charge in [0.05, 0.1) is 0 Å². The molecule has 0 atom stereocenters. The van der Waals surface area contributed by atoms with E-state index in [4.69, 9.17) is 5.11 Å². The molecule has 0 radical (unpaired) electrons. The molecule has 0 saturated carbocycles. The van der Waals surface area contributed by atoms with Gasteiger partial charge in [0, 0.05) is 58.9 Å². The lowest BCUT2D eigenvalue weighted by Crippen LogP contribution is -2.31. The summed E-state index contributed by atoms with van der Waals surface area (Å²) in [6.07, 6.45) is 12.0. The number of nitrogens with one attached hydrogen (secondary N) is 1. The van der Waals surface area contributed by atoms with Crippen LogP contribution >= 0.6 is 0 Å². The van der Waals surface area contributed by atoms with Crippen LogP contribution in [0.1, 0.15) is 79.1 Å². The Hall–Kier alpha value is -2.58. The van der Waals surface area contributed by atoms with E-state index in [1.807, 2.05) is 46.3 Å². The van der Waals surface area contributed by atoms with Crippen molar-refractivity contribution in [3.05, 3.63) is 61.9 Å². The van der Waals surface area contributed by atoms with E-state index < -0.39 is 6.43 Å². The quantitative estimate of drug-likeness (QED) is 0.0628. The Morgan fingerprint density at radius 2 is 1.60 bits per heavy atom. The molecule has 0 saturated heterocycles. The van der Waals surface area contributed by atoms with Gasteiger partial charge in [0.15, 0.2) is 0 Å². The number of unbranched alkanes of at least 4 members (excludes halogenated alkanes) is 2. The molecule has 0 aliphatic heterocycles. The molecular weight excluding hydrogens is 510 g/mol. The Labute approximate surface area is 245 Å². The number of aliphatic hydroxyl groups excluding tert-OH is 1. The van der Waals surface area contributed by atoms with Crippen LogP contribution in [0.5, 0.6) is 0 Å². The second-order valence-corrected chi connectivity index (χ2v) is 8.90. The van der Waals surface area contributed by atoms with Crippen molar-refractivity contribution in [1.29, 1.82) is 0 Å². The molecule has 0 fully saturated rings. The molecular formula is C32H60F2N4O2. The Morgan fingerprint density at radius 1 is 1.02 bits per heavy atom. The minimum absolute atomic E-state index is 0.147. The van der Waals surface area contributed by atoms with Crippen LogP contribution in [0.25, 0.3) is 0 Å². The van der Waals surface area contributed by atoms with E-state index >= 15 is 0 Å². The first-order valence-corrected chi connectivity index (χ1v) is 14.2. The van der Waals surface area contributed by atoms with Gasteiger partial charge >= 0.3 is 0 Å². The zero-order valence-corrected chi connectivity index (χ0v) is 26.7. The summed E-state index contributed by atoms with van der Waals surface area (Å²) >= 11 is 0. The van der Waals surface area contributed by atoms with Crippen molar-refractivity contribution in [1.82, 2.24) is 15.1 Å². The molecule has 0 spiro atoms. The average molecular weight is 571 g/mol. The highest BCUT2D eigenvalue weighted by Crippen LogP contribution is 2.08. The molecule has 1 amide bonds. The molecule has 6 nitrogen and oxygen atoms in total. The van der Waals surface area contributed by atoms with Gasteiger partial charge in [0.25, 0.3) is 0 Å². The number of allylic oxidation sites excluding steroid dienone is 4. The first-order valence-electron chi connectivity index (χ1n) is 14.2. The Morgan fingerprint density at radius 3 is 2.00 bits per heavy atom. The molecule has 2 N–H and O–H groups in total. The zero-order chi connectivity index (χ0) is 31.8. The highest BCUT2D eigenvalue weighted by molar-refractivity contribution is 5.87. The van der Waals surface area contributed by atoms with Gasteiger partial charge in [-0.15, -0.1) is 6.58 Å². The number of carbonyl (C=O) groups is 1. The molecule has 0 unspecified atom stereocenters. The highest BCUT2D eigenvalue weighted by atomic mass is 19.3. The number of rotatable bonds is 17. The monoisotopic (exact) mass is 570 g/mol. The van der Waals surface area contributed by atoms with Crippen LogP contribution in [0, 0.1) is 0 Å². The van der Waals surface area contributed by atoms with Crippen LogP contribution in [0.15, 0.2) is 66.9 Å². The fourth-order valence-electron chi connectivity index (χ4n) is 2.78. The normalized spacial score (nSPS) is 10.6. The van der Waals surface area contributed by atoms with E-state index in [1.165, 1.54) is 0 Å². The van der Waals surface area contributed by atoms with E-state index in [0.717, 1.165) is 82.2 Å². The lowest BCUT2D eigenvalue weighted by atomic mass is 10.2. The van der Waals surface area contributed by atoms with Gasteiger partial charge in [0.2, 0.25) is 12.3 Å². The van der Waals surface area contributed by atoms with Crippen LogP contribution in [-0.4, -0.2) is 80.5 Å². The fraction of sp³-hybridized carbons (Fsp3) is 0.625. The summed E-state index contributed by atoms with van der Waals surface area (Å²) in [6.45, 7) is 24.5. The van der Waals surface area contributed by atoms with Crippen LogP contribution in [0.2, 0.25) is 0 Å². The maximum absolute atomic E-state index is 12.2. The van der Waals surface area contributed by atoms with Gasteiger partial charge in [-0.2, -0.15) is 0 Å². The van der Waals surface area contributed by atoms with Crippen molar-refractivity contribution >= 4 is 11.7 Å². The summed E-state index contributed by atoms with van der Waals surface area (Å²) in [7, 11) is 5.77. The summed E-state index contributed by atoms with van der Waals surface area (Å²) in [5.41, 5.74) is 2.01. The molecule has 40 heavy (non-hydrogen) atoms. The molecule has 0 aromatic carbocycles. The van der Waals surface area contributed by atoms with Crippen LogP contribution in [0.4, 0.5) is 8.78 Å². The number of aliphatic hydroxyl groups is 1. The van der Waals surface area contributed by atoms with E-state index in [2.05, 4.69) is 55.4 Å². The number of alkyl halides is 2. The topological polar surface area (TPSA) is 68.2 Å². The van der Waals surface area contributed by atoms with Gasteiger partial charge in [-0.1, -0.05) is 64.8 Å². The third-order valence-electron chi connectivity index (χ3n) is 5.10. The van der Waals surface area contributed by atoms with Crippen molar-refractivity contribution in [2.45, 2.75) is 85.5 Å². The molecule has 0 heterocycles. The summed E-state index contributed by atoms with van der Waals surface area (Å²) in [6, 6.07) is 0. The summed E-state index contributed by atoms with van der Waals surface area (Å²) < 4.78 is 20.7. The zero-order valence-electron chi connectivity index (χ0n) is 26.7. The first-order chi connectivity index (χ1) is 18.9. The standard InChI is InChI=1S/C18H35N3O2.C8H13N.C4H8.C2H4F2/c1-6-13-20(4)17(19-16(3)7-2)11-12-18(23)21(5)14-9-8-10-15-22;1-4-6-8(5-2)7-9-3;1-3-4-2;1-2(3)4/h22H,3,6-15H2,1-2,4-5H3;4-6,9H,1-2,7H2,3H3;3H,1,4H2,2H3;2H,1H3/b;8-6+;;. The van der Waals surface area contributed by atoms with Crippen LogP contribution in [0.3, 0.4) is 0 Å². The van der Waals surface area contributed by atoms with Crippen molar-refractivity contribution in [2.24, 2.45) is 4.99 Å². The van der Waals surface area contributed by atoms with Gasteiger partial charge in [-0.3, -0.25) is 4.79 Å². The van der Waals surface area contributed by atoms with E-state index in [-0.39, 0.29) is 12.5 Å². The van der Waals surface area contributed by atoms with E-state index in [1.54, 1.807) is 11.0 Å². The van der Waals surface area contributed by atoms with Gasteiger partial charge < -0.3 is 20.2 Å². The largest absolute Gasteiger partial charge is 0.396 e. The Balaban J connectivity index is -0.000000309. The minimum Gasteiger partial charge on any atom is -0.396 e. The molecule has 234 valence electrons. The van der Waals surface area contributed by atoms with Crippen molar-refractivity contribution in [3.63, 3.8) is 0 Å². The average Bonchev–Trinajstić information content (AvgIpc) is 2.92. The lowest BCUT2D eigenvalue weighted by molar-refractivity contribution is -0.129. The summed E-state index contributed by atoms with van der Waals surface area (Å²) in [5, 5.41) is 11.8. The smallest absolute Gasteiger partial charge is 0.235 e. The van der Waals surface area contributed by atoms with Gasteiger partial charge in [0.1, 0.15) is 5.84 Å². The number of nitrogens with zero attached hydrogens (tertiary/aromatic N) is 3. The van der Waals surface area contributed by atoms with Crippen molar-refractivity contribution in [3.8, 4) is 0 Å². The Kier molecular flexibility index (Phi) is 38.3. The summed E-state index contributed by atoms with van der Waals surface area (Å²) in [5.74, 6) is 1.09. The third kappa shape index (κ3) is 35.4. The van der Waals surface area contributed by atoms with Crippen molar-refractivity contribution < 1.29 is 18.7 Å². The van der Waals surface area contributed by atoms with Gasteiger partial charge in [-0.05, 0) is 58.1 Å². The number of amides is 1. The predicted molar refractivity (Wildman–Crippen MR) is 172 cm³/mol. The van der Waals surface area contributed by atoms with E-state index in [0.29, 0.717) is 12.8 Å². The van der Waals surface area contributed by atoms with Crippen LogP contribution < -0.4 is 5.32 Å². The lowest BCUT2D eigenvalue weighted by Gasteiger charge is -2.22. The van der Waals surface area contributed by atoms with Crippen molar-refractivity contribution in [2.75, 3.05) is 47.4 Å². The molecule has 0 rings (SSSR count). The molecule has 0 aromatic heterocycles. The number of hydrogen-bond donors (Lipinski definition) is 2. The number of amidine groups is 1. The molecule has 8 heteroatoms.